The van der Waals surface area contributed by atoms with E-state index in [1.807, 2.05) is 12.5 Å². The second-order valence-corrected chi connectivity index (χ2v) is 5.72. The fourth-order valence-corrected chi connectivity index (χ4v) is 2.24. The van der Waals surface area contributed by atoms with E-state index in [4.69, 9.17) is 5.73 Å². The van der Waals surface area contributed by atoms with Gasteiger partial charge in [0, 0.05) is 0 Å². The van der Waals surface area contributed by atoms with Crippen LogP contribution in [0.5, 0.6) is 0 Å². The third-order valence-corrected chi connectivity index (χ3v) is 3.67. The van der Waals surface area contributed by atoms with Crippen molar-refractivity contribution in [1.82, 2.24) is 5.32 Å². The van der Waals surface area contributed by atoms with Crippen LogP contribution in [0, 0.1) is 0 Å². The molecule has 0 bridgehead atoms. The van der Waals surface area contributed by atoms with Gasteiger partial charge in [-0.25, -0.2) is 4.79 Å². The van der Waals surface area contributed by atoms with Crippen molar-refractivity contribution < 1.29 is 14.3 Å². The van der Waals surface area contributed by atoms with Gasteiger partial charge in [0.25, 0.3) is 0 Å². The number of nitrogens with two attached hydrogens (primary N) is 1. The van der Waals surface area contributed by atoms with Crippen molar-refractivity contribution in [2.45, 2.75) is 24.9 Å². The number of hydrogen-bond donors (Lipinski definition) is 2. The molecule has 106 valence electrons. The molecule has 2 unspecified atom stereocenters. The molecule has 0 fully saturated rings. The van der Waals surface area contributed by atoms with Crippen LogP contribution >= 0.6 is 23.5 Å². The summed E-state index contributed by atoms with van der Waals surface area (Å²) in [6, 6.07) is -1.17. The number of hydrogen-bond acceptors (Lipinski definition) is 6. The van der Waals surface area contributed by atoms with Crippen molar-refractivity contribution in [3.8, 4) is 0 Å². The number of esters is 1. The van der Waals surface area contributed by atoms with Gasteiger partial charge >= 0.3 is 5.97 Å². The minimum Gasteiger partial charge on any atom is -0.467 e. The first-order valence-electron chi connectivity index (χ1n) is 5.68. The van der Waals surface area contributed by atoms with Crippen LogP contribution in [0.1, 0.15) is 12.8 Å². The van der Waals surface area contributed by atoms with Crippen molar-refractivity contribution in [3.63, 3.8) is 0 Å². The fourth-order valence-electron chi connectivity index (χ4n) is 1.28. The lowest BCUT2D eigenvalue weighted by atomic mass is 10.2. The molecule has 0 rings (SSSR count). The summed E-state index contributed by atoms with van der Waals surface area (Å²) in [5.74, 6) is 0.887. The van der Waals surface area contributed by atoms with Crippen LogP contribution < -0.4 is 11.1 Å². The Morgan fingerprint density at radius 1 is 1.22 bits per heavy atom. The number of ether oxygens (including phenoxy) is 1. The van der Waals surface area contributed by atoms with Crippen LogP contribution in [0.4, 0.5) is 0 Å². The van der Waals surface area contributed by atoms with Gasteiger partial charge < -0.3 is 15.8 Å². The van der Waals surface area contributed by atoms with E-state index in [-0.39, 0.29) is 5.91 Å². The summed E-state index contributed by atoms with van der Waals surface area (Å²) in [7, 11) is 1.31. The molecule has 18 heavy (non-hydrogen) atoms. The third kappa shape index (κ3) is 7.13. The molecule has 5 nitrogen and oxygen atoms in total. The lowest BCUT2D eigenvalue weighted by Crippen LogP contribution is -2.49. The van der Waals surface area contributed by atoms with E-state index in [2.05, 4.69) is 10.1 Å². The Labute approximate surface area is 117 Å². The van der Waals surface area contributed by atoms with E-state index in [0.29, 0.717) is 12.8 Å². The Balaban J connectivity index is 4.28. The van der Waals surface area contributed by atoms with Crippen LogP contribution in [0.25, 0.3) is 0 Å². The fraction of sp³-hybridized carbons (Fsp3) is 0.818. The molecule has 0 spiro atoms. The summed E-state index contributed by atoms with van der Waals surface area (Å²) < 4.78 is 4.66. The highest BCUT2D eigenvalue weighted by atomic mass is 32.2. The smallest absolute Gasteiger partial charge is 0.328 e. The first-order valence-corrected chi connectivity index (χ1v) is 8.47. The average Bonchev–Trinajstić information content (AvgIpc) is 2.39. The van der Waals surface area contributed by atoms with Gasteiger partial charge in [-0.15, -0.1) is 0 Å². The van der Waals surface area contributed by atoms with Gasteiger partial charge in [0.15, 0.2) is 0 Å². The standard InChI is InChI=1S/C11H22N2O3S2/c1-16-11(15)9(5-7-18-3)13-10(14)8(12)4-6-17-2/h8-9H,4-7,12H2,1-3H3,(H,13,14). The maximum Gasteiger partial charge on any atom is 0.328 e. The molecule has 0 aromatic carbocycles. The lowest BCUT2D eigenvalue weighted by Gasteiger charge is -2.18. The molecule has 1 amide bonds. The van der Waals surface area contributed by atoms with Crippen LogP contribution in [0.15, 0.2) is 0 Å². The number of amides is 1. The molecule has 0 heterocycles. The van der Waals surface area contributed by atoms with Crippen LogP contribution in [0.3, 0.4) is 0 Å². The number of thioether (sulfide) groups is 2. The molecular formula is C11H22N2O3S2. The molecule has 7 heteroatoms. The van der Waals surface area contributed by atoms with Gasteiger partial charge in [0.05, 0.1) is 13.2 Å². The third-order valence-electron chi connectivity index (χ3n) is 2.38. The quantitative estimate of drug-likeness (QED) is 0.602. The van der Waals surface area contributed by atoms with Gasteiger partial charge in [-0.2, -0.15) is 23.5 Å². The van der Waals surface area contributed by atoms with E-state index in [0.717, 1.165) is 11.5 Å². The maximum absolute atomic E-state index is 11.8. The summed E-state index contributed by atoms with van der Waals surface area (Å²) in [6.07, 6.45) is 5.05. The lowest BCUT2D eigenvalue weighted by molar-refractivity contribution is -0.145. The van der Waals surface area contributed by atoms with E-state index >= 15 is 0 Å². The highest BCUT2D eigenvalue weighted by molar-refractivity contribution is 7.98. The normalized spacial score (nSPS) is 13.8. The second-order valence-electron chi connectivity index (χ2n) is 3.75. The van der Waals surface area contributed by atoms with E-state index in [9.17, 15) is 9.59 Å². The molecule has 0 saturated carbocycles. The first-order chi connectivity index (χ1) is 8.56. The largest absolute Gasteiger partial charge is 0.467 e. The Hall–Kier alpha value is -0.400. The van der Waals surface area contributed by atoms with Crippen LogP contribution in [-0.2, 0) is 14.3 Å². The molecule has 3 N–H and O–H groups in total. The topological polar surface area (TPSA) is 81.4 Å². The van der Waals surface area contributed by atoms with Gasteiger partial charge in [-0.1, -0.05) is 0 Å². The summed E-state index contributed by atoms with van der Waals surface area (Å²) in [6.45, 7) is 0. The summed E-state index contributed by atoms with van der Waals surface area (Å²) >= 11 is 3.25. The maximum atomic E-state index is 11.8. The summed E-state index contributed by atoms with van der Waals surface area (Å²) in [5, 5.41) is 2.65. The summed E-state index contributed by atoms with van der Waals surface area (Å²) in [4.78, 5) is 23.3. The zero-order chi connectivity index (χ0) is 14.0. The number of rotatable bonds is 9. The predicted octanol–water partition coefficient (Wildman–Crippen LogP) is 0.478. The molecule has 0 aliphatic rings. The Morgan fingerprint density at radius 3 is 2.28 bits per heavy atom. The van der Waals surface area contributed by atoms with Crippen LogP contribution in [-0.4, -0.2) is 55.1 Å². The summed E-state index contributed by atoms with van der Waals surface area (Å²) in [5.41, 5.74) is 5.74. The number of nitrogens with one attached hydrogen (secondary N) is 1. The number of carbonyl (C=O) groups is 2. The van der Waals surface area contributed by atoms with E-state index in [1.165, 1.54) is 7.11 Å². The second kappa shape index (κ2) is 10.5. The molecule has 2 atom stereocenters. The Bertz CT molecular complexity index is 265. The van der Waals surface area contributed by atoms with Crippen molar-refractivity contribution in [1.29, 1.82) is 0 Å². The Kier molecular flexibility index (Phi) is 10.3. The van der Waals surface area contributed by atoms with Gasteiger partial charge in [-0.05, 0) is 36.9 Å². The van der Waals surface area contributed by atoms with Crippen molar-refractivity contribution in [3.05, 3.63) is 0 Å². The molecule has 0 aliphatic carbocycles. The zero-order valence-electron chi connectivity index (χ0n) is 11.1. The Morgan fingerprint density at radius 2 is 1.78 bits per heavy atom. The van der Waals surface area contributed by atoms with E-state index in [1.54, 1.807) is 23.5 Å². The number of methoxy groups -OCH3 is 1. The molecule has 0 aromatic rings. The van der Waals surface area contributed by atoms with Gasteiger partial charge in [0.2, 0.25) is 5.91 Å². The first kappa shape index (κ1) is 17.6. The van der Waals surface area contributed by atoms with Crippen molar-refractivity contribution in [2.24, 2.45) is 5.73 Å². The molecule has 0 saturated heterocycles. The monoisotopic (exact) mass is 294 g/mol. The molecule has 0 aromatic heterocycles. The average molecular weight is 294 g/mol. The predicted molar refractivity (Wildman–Crippen MR) is 77.9 cm³/mol. The number of carbonyl (C=O) groups excluding carboxylic acids is 2. The van der Waals surface area contributed by atoms with Gasteiger partial charge in [-0.3, -0.25) is 4.79 Å². The molecule has 0 aliphatic heterocycles. The van der Waals surface area contributed by atoms with Crippen molar-refractivity contribution in [2.75, 3.05) is 31.1 Å². The minimum atomic E-state index is -0.602. The SMILES string of the molecule is COC(=O)C(CCSC)NC(=O)C(N)CCSC. The zero-order valence-corrected chi connectivity index (χ0v) is 12.7. The highest BCUT2D eigenvalue weighted by Crippen LogP contribution is 2.04. The minimum absolute atomic E-state index is 0.291. The van der Waals surface area contributed by atoms with E-state index < -0.39 is 18.1 Å². The highest BCUT2D eigenvalue weighted by Gasteiger charge is 2.23. The van der Waals surface area contributed by atoms with Gasteiger partial charge in [0.1, 0.15) is 6.04 Å². The molecule has 0 radical (unpaired) electrons. The molecular weight excluding hydrogens is 272 g/mol. The van der Waals surface area contributed by atoms with Crippen molar-refractivity contribution >= 4 is 35.4 Å². The van der Waals surface area contributed by atoms with Crippen LogP contribution in [0.2, 0.25) is 0 Å².